The summed E-state index contributed by atoms with van der Waals surface area (Å²) in [6.07, 6.45) is 3.32. The third-order valence-corrected chi connectivity index (χ3v) is 6.19. The summed E-state index contributed by atoms with van der Waals surface area (Å²) >= 11 is 9.27. The number of hydrogen-bond acceptors (Lipinski definition) is 6. The lowest BCUT2D eigenvalue weighted by Crippen LogP contribution is -2.16. The Bertz CT molecular complexity index is 1130. The van der Waals surface area contributed by atoms with Crippen LogP contribution in [0.4, 0.5) is 5.95 Å². The molecule has 0 bridgehead atoms. The Kier molecular flexibility index (Phi) is 4.65. The van der Waals surface area contributed by atoms with Crippen molar-refractivity contribution in [3.05, 3.63) is 33.9 Å². The van der Waals surface area contributed by atoms with E-state index in [-0.39, 0.29) is 28.7 Å². The van der Waals surface area contributed by atoms with Crippen LogP contribution in [0.25, 0.3) is 10.9 Å². The average molecular weight is 474 g/mol. The van der Waals surface area contributed by atoms with Crippen molar-refractivity contribution < 1.29 is 17.9 Å². The monoisotopic (exact) mass is 472 g/mol. The zero-order valence-corrected chi connectivity index (χ0v) is 17.2. The van der Waals surface area contributed by atoms with Gasteiger partial charge in [-0.1, -0.05) is 11.6 Å². The normalized spacial score (nSPS) is 14.3. The maximum absolute atomic E-state index is 12.9. The van der Waals surface area contributed by atoms with Crippen LogP contribution in [0, 0.1) is 0 Å². The first-order chi connectivity index (χ1) is 12.9. The number of rotatable bonds is 6. The molecule has 0 atom stereocenters. The molecule has 0 spiro atoms. The van der Waals surface area contributed by atoms with Crippen LogP contribution < -0.4 is 14.2 Å². The summed E-state index contributed by atoms with van der Waals surface area (Å²) in [5, 5.41) is 1.01. The maximum Gasteiger partial charge on any atom is 0.266 e. The van der Waals surface area contributed by atoms with E-state index < -0.39 is 10.0 Å². The Hall–Kier alpha value is -2.04. The summed E-state index contributed by atoms with van der Waals surface area (Å²) in [4.78, 5) is 11.2. The van der Waals surface area contributed by atoms with E-state index in [9.17, 15) is 8.42 Å². The van der Waals surface area contributed by atoms with Gasteiger partial charge in [0, 0.05) is 22.1 Å². The Balaban J connectivity index is 1.71. The van der Waals surface area contributed by atoms with Crippen LogP contribution in [0.2, 0.25) is 5.02 Å². The van der Waals surface area contributed by atoms with Crippen molar-refractivity contribution in [3.63, 3.8) is 0 Å². The second-order valence-electron chi connectivity index (χ2n) is 5.94. The van der Waals surface area contributed by atoms with E-state index in [1.807, 2.05) is 0 Å². The van der Waals surface area contributed by atoms with Gasteiger partial charge in [0.25, 0.3) is 10.0 Å². The van der Waals surface area contributed by atoms with Crippen molar-refractivity contribution in [2.24, 2.45) is 0 Å². The second kappa shape index (κ2) is 6.84. The first-order valence-electron chi connectivity index (χ1n) is 7.95. The molecule has 0 amide bonds. The van der Waals surface area contributed by atoms with Crippen molar-refractivity contribution in [2.75, 3.05) is 11.8 Å². The van der Waals surface area contributed by atoms with E-state index in [4.69, 9.17) is 21.1 Å². The minimum Gasteiger partial charge on any atom is -0.480 e. The molecule has 11 heteroatoms. The van der Waals surface area contributed by atoms with Gasteiger partial charge in [-0.3, -0.25) is 0 Å². The molecule has 8 nitrogen and oxygen atoms in total. The molecule has 0 aliphatic heterocycles. The van der Waals surface area contributed by atoms with Gasteiger partial charge in [0.05, 0.1) is 7.11 Å². The van der Waals surface area contributed by atoms with Gasteiger partial charge >= 0.3 is 0 Å². The molecular weight excluding hydrogens is 460 g/mol. The van der Waals surface area contributed by atoms with Crippen LogP contribution in [-0.4, -0.2) is 36.6 Å². The summed E-state index contributed by atoms with van der Waals surface area (Å²) in [5.41, 5.74) is 0.606. The molecule has 27 heavy (non-hydrogen) atoms. The predicted molar refractivity (Wildman–Crippen MR) is 104 cm³/mol. The molecule has 2 heterocycles. The lowest BCUT2D eigenvalue weighted by Gasteiger charge is -2.12. The molecule has 0 saturated heterocycles. The quantitative estimate of drug-likeness (QED) is 0.565. The number of aromatic amines is 1. The van der Waals surface area contributed by atoms with E-state index in [0.717, 1.165) is 12.8 Å². The third kappa shape index (κ3) is 3.69. The predicted octanol–water partition coefficient (Wildman–Crippen LogP) is 3.72. The first-order valence-corrected chi connectivity index (χ1v) is 10.6. The van der Waals surface area contributed by atoms with Crippen LogP contribution in [0.1, 0.15) is 12.8 Å². The molecule has 142 valence electrons. The number of hydrogen-bond donors (Lipinski definition) is 2. The number of sulfonamides is 1. The minimum atomic E-state index is -3.95. The standard InChI is InChI=1S/C16H14BrClN4O4S/c1-25-14-13(17)15(26-9-3-4-9)21-16(20-14)22-27(23,24)12-7-19-11-6-8(18)2-5-10(11)12/h2,5-7,9,19H,3-4H2,1H3,(H,20,21,22). The zero-order valence-electron chi connectivity index (χ0n) is 14.0. The van der Waals surface area contributed by atoms with E-state index in [1.165, 1.54) is 13.3 Å². The lowest BCUT2D eigenvalue weighted by atomic mass is 10.2. The Morgan fingerprint density at radius 2 is 2.04 bits per heavy atom. The fourth-order valence-electron chi connectivity index (χ4n) is 2.48. The topological polar surface area (TPSA) is 106 Å². The largest absolute Gasteiger partial charge is 0.480 e. The van der Waals surface area contributed by atoms with Crippen molar-refractivity contribution in [1.29, 1.82) is 0 Å². The molecule has 3 aromatic rings. The van der Waals surface area contributed by atoms with E-state index in [0.29, 0.717) is 20.4 Å². The second-order valence-corrected chi connectivity index (χ2v) is 8.82. The highest BCUT2D eigenvalue weighted by Crippen LogP contribution is 2.36. The summed E-state index contributed by atoms with van der Waals surface area (Å²) in [6.45, 7) is 0. The third-order valence-electron chi connectivity index (χ3n) is 3.91. The van der Waals surface area contributed by atoms with Gasteiger partial charge in [0.1, 0.15) is 15.5 Å². The number of ether oxygens (including phenoxy) is 2. The van der Waals surface area contributed by atoms with E-state index in [2.05, 4.69) is 35.6 Å². The number of H-pyrrole nitrogens is 1. The van der Waals surface area contributed by atoms with Crippen molar-refractivity contribution in [1.82, 2.24) is 15.0 Å². The molecule has 2 N–H and O–H groups in total. The fraction of sp³-hybridized carbons (Fsp3) is 0.250. The number of aromatic nitrogens is 3. The van der Waals surface area contributed by atoms with Crippen LogP contribution in [0.15, 0.2) is 33.8 Å². The highest BCUT2D eigenvalue weighted by Gasteiger charge is 2.28. The first kappa shape index (κ1) is 18.3. The molecule has 0 radical (unpaired) electrons. The average Bonchev–Trinajstić information content (AvgIpc) is 3.33. The summed E-state index contributed by atoms with van der Waals surface area (Å²) < 4.78 is 39.4. The molecule has 4 rings (SSSR count). The van der Waals surface area contributed by atoms with Crippen LogP contribution >= 0.6 is 27.5 Å². The van der Waals surface area contributed by atoms with Crippen molar-refractivity contribution in [3.8, 4) is 11.8 Å². The van der Waals surface area contributed by atoms with Gasteiger partial charge in [-0.15, -0.1) is 0 Å². The van der Waals surface area contributed by atoms with Crippen LogP contribution in [0.3, 0.4) is 0 Å². The number of fused-ring (bicyclic) bond motifs is 1. The molecule has 0 unspecified atom stereocenters. The van der Waals surface area contributed by atoms with Gasteiger partial charge in [0.15, 0.2) is 0 Å². The summed E-state index contributed by atoms with van der Waals surface area (Å²) in [6, 6.07) is 4.90. The number of anilines is 1. The fourth-order valence-corrected chi connectivity index (χ4v) is 4.21. The Morgan fingerprint density at radius 1 is 1.30 bits per heavy atom. The number of methoxy groups -OCH3 is 1. The summed E-state index contributed by atoms with van der Waals surface area (Å²) in [5.74, 6) is 0.255. The van der Waals surface area contributed by atoms with Crippen LogP contribution in [-0.2, 0) is 10.0 Å². The van der Waals surface area contributed by atoms with E-state index >= 15 is 0 Å². The maximum atomic E-state index is 12.9. The molecule has 1 aromatic carbocycles. The van der Waals surface area contributed by atoms with Gasteiger partial charge in [-0.2, -0.15) is 9.97 Å². The van der Waals surface area contributed by atoms with Gasteiger partial charge in [-0.25, -0.2) is 13.1 Å². The highest BCUT2D eigenvalue weighted by molar-refractivity contribution is 9.10. The van der Waals surface area contributed by atoms with Crippen molar-refractivity contribution >= 4 is 54.4 Å². The number of benzene rings is 1. The van der Waals surface area contributed by atoms with Crippen molar-refractivity contribution in [2.45, 2.75) is 23.8 Å². The smallest absolute Gasteiger partial charge is 0.266 e. The number of nitrogens with one attached hydrogen (secondary N) is 2. The van der Waals surface area contributed by atoms with E-state index in [1.54, 1.807) is 18.2 Å². The van der Waals surface area contributed by atoms with Crippen LogP contribution in [0.5, 0.6) is 11.8 Å². The van der Waals surface area contributed by atoms with Gasteiger partial charge in [-0.05, 0) is 47.0 Å². The zero-order chi connectivity index (χ0) is 19.2. The molecule has 2 aromatic heterocycles. The molecule has 1 aliphatic carbocycles. The summed E-state index contributed by atoms with van der Waals surface area (Å²) in [7, 11) is -2.53. The molecular formula is C16H14BrClN4O4S. The Morgan fingerprint density at radius 3 is 2.74 bits per heavy atom. The minimum absolute atomic E-state index is 0.0595. The highest BCUT2D eigenvalue weighted by atomic mass is 79.9. The van der Waals surface area contributed by atoms with Gasteiger partial charge < -0.3 is 14.5 Å². The lowest BCUT2D eigenvalue weighted by molar-refractivity contribution is 0.284. The number of nitrogens with zero attached hydrogens (tertiary/aromatic N) is 2. The molecule has 1 fully saturated rings. The van der Waals surface area contributed by atoms with Gasteiger partial charge in [0.2, 0.25) is 17.7 Å². The molecule has 1 saturated carbocycles. The number of halogens is 2. The molecule has 1 aliphatic rings. The SMILES string of the molecule is COc1nc(NS(=O)(=O)c2c[nH]c3cc(Cl)ccc23)nc(OC2CC2)c1Br. The Labute approximate surface area is 168 Å².